The maximum Gasteiger partial charge on any atom is 0.242 e. The van der Waals surface area contributed by atoms with Crippen molar-refractivity contribution in [2.24, 2.45) is 4.99 Å². The number of aromatic nitrogens is 2. The van der Waals surface area contributed by atoms with Crippen LogP contribution in [0.3, 0.4) is 0 Å². The summed E-state index contributed by atoms with van der Waals surface area (Å²) >= 11 is 3.26. The molecule has 2 aliphatic heterocycles. The number of carbonyl (C=O) groups excluding carboxylic acids is 1. The van der Waals surface area contributed by atoms with Crippen molar-refractivity contribution in [3.05, 3.63) is 27.7 Å². The third-order valence-electron chi connectivity index (χ3n) is 5.39. The summed E-state index contributed by atoms with van der Waals surface area (Å²) in [6, 6.07) is 2.13. The average molecular weight is 562 g/mol. The molecule has 1 amide bonds. The minimum absolute atomic E-state index is 0. The van der Waals surface area contributed by atoms with E-state index in [1.807, 2.05) is 4.90 Å². The molecule has 1 N–H and O–H groups in total. The number of hydrogen-bond donors (Lipinski definition) is 1. The van der Waals surface area contributed by atoms with Crippen molar-refractivity contribution in [3.63, 3.8) is 0 Å². The Hall–Kier alpha value is -1.47. The van der Waals surface area contributed by atoms with Gasteiger partial charge < -0.3 is 20.0 Å². The van der Waals surface area contributed by atoms with E-state index in [9.17, 15) is 4.79 Å². The van der Waals surface area contributed by atoms with Gasteiger partial charge in [0, 0.05) is 69.1 Å². The average Bonchev–Trinajstić information content (AvgIpc) is 3.43. The van der Waals surface area contributed by atoms with Gasteiger partial charge in [-0.05, 0) is 23.4 Å². The van der Waals surface area contributed by atoms with Gasteiger partial charge in [0.25, 0.3) is 0 Å². The number of nitrogens with one attached hydrogen (secondary N) is 1. The van der Waals surface area contributed by atoms with Gasteiger partial charge in [-0.3, -0.25) is 9.79 Å². The number of nitrogens with zero attached hydrogens (tertiary/aromatic N) is 6. The molecule has 0 aromatic carbocycles. The van der Waals surface area contributed by atoms with Crippen molar-refractivity contribution in [2.45, 2.75) is 26.3 Å². The Balaban J connectivity index is 0.00000256. The molecule has 0 spiro atoms. The van der Waals surface area contributed by atoms with Crippen LogP contribution in [0.15, 0.2) is 16.4 Å². The second-order valence-electron chi connectivity index (χ2n) is 7.16. The number of halogens is 1. The number of aryl methyl sites for hydroxylation is 1. The molecule has 0 unspecified atom stereocenters. The molecule has 30 heavy (non-hydrogen) atoms. The molecule has 4 rings (SSSR count). The van der Waals surface area contributed by atoms with Crippen molar-refractivity contribution >= 4 is 63.8 Å². The molecule has 2 aromatic heterocycles. The summed E-state index contributed by atoms with van der Waals surface area (Å²) in [5, 5.41) is 6.38. The molecule has 0 radical (unpaired) electrons. The second-order valence-corrected chi connectivity index (χ2v) is 8.89. The summed E-state index contributed by atoms with van der Waals surface area (Å²) in [4.78, 5) is 29.5. The summed E-state index contributed by atoms with van der Waals surface area (Å²) in [6.45, 7) is 7.31. The number of amides is 1. The predicted octanol–water partition coefficient (Wildman–Crippen LogP) is 2.06. The van der Waals surface area contributed by atoms with Crippen molar-refractivity contribution in [1.29, 1.82) is 0 Å². The zero-order valence-electron chi connectivity index (χ0n) is 17.3. The van der Waals surface area contributed by atoms with Gasteiger partial charge in [0.1, 0.15) is 5.82 Å². The highest BCUT2D eigenvalue weighted by molar-refractivity contribution is 14.0. The number of anilines is 1. The van der Waals surface area contributed by atoms with Gasteiger partial charge in [-0.2, -0.15) is 4.37 Å². The highest BCUT2D eigenvalue weighted by Gasteiger charge is 2.24. The first-order valence-corrected chi connectivity index (χ1v) is 11.7. The van der Waals surface area contributed by atoms with Crippen LogP contribution in [-0.4, -0.2) is 77.3 Å². The molecular formula is C19H28IN7OS2. The lowest BCUT2D eigenvalue weighted by molar-refractivity contribution is -0.130. The van der Waals surface area contributed by atoms with Gasteiger partial charge in [0.2, 0.25) is 11.0 Å². The number of carbonyl (C=O) groups is 1. The Morgan fingerprint density at radius 2 is 2.03 bits per heavy atom. The number of piperazine rings is 1. The van der Waals surface area contributed by atoms with E-state index in [0.717, 1.165) is 69.0 Å². The fourth-order valence-corrected chi connectivity index (χ4v) is 5.38. The SMILES string of the molecule is CCc1nsc(N2CCN(C(=NC)NCC(=O)N3CCc4sccc4C3)CC2)n1.I. The van der Waals surface area contributed by atoms with Crippen LogP contribution in [-0.2, 0) is 24.2 Å². The van der Waals surface area contributed by atoms with Gasteiger partial charge in [0.15, 0.2) is 5.96 Å². The minimum atomic E-state index is 0. The summed E-state index contributed by atoms with van der Waals surface area (Å²) in [5.41, 5.74) is 1.29. The maximum atomic E-state index is 12.7. The van der Waals surface area contributed by atoms with Gasteiger partial charge in [-0.15, -0.1) is 35.3 Å². The summed E-state index contributed by atoms with van der Waals surface area (Å²) in [5.74, 6) is 1.83. The second kappa shape index (κ2) is 10.7. The van der Waals surface area contributed by atoms with Gasteiger partial charge in [-0.25, -0.2) is 4.98 Å². The Labute approximate surface area is 202 Å². The van der Waals surface area contributed by atoms with Crippen molar-refractivity contribution in [2.75, 3.05) is 51.2 Å². The summed E-state index contributed by atoms with van der Waals surface area (Å²) < 4.78 is 4.38. The van der Waals surface area contributed by atoms with E-state index in [0.29, 0.717) is 0 Å². The Bertz CT molecular complexity index is 876. The van der Waals surface area contributed by atoms with E-state index < -0.39 is 0 Å². The standard InChI is InChI=1S/C19H27N7OS2.HI/c1-3-16-22-19(29-23-16)25-9-7-24(8-10-25)18(20-2)21-12-17(27)26-6-4-15-14(13-26)5-11-28-15;/h5,11H,3-4,6-10,12-13H2,1-2H3,(H,20,21);1H. The largest absolute Gasteiger partial charge is 0.347 e. The monoisotopic (exact) mass is 561 g/mol. The van der Waals surface area contributed by atoms with Crippen molar-refractivity contribution in [3.8, 4) is 0 Å². The first-order valence-electron chi connectivity index (χ1n) is 10.0. The first-order chi connectivity index (χ1) is 14.2. The third-order valence-corrected chi connectivity index (χ3v) is 7.23. The molecule has 4 heterocycles. The topological polar surface area (TPSA) is 77.0 Å². The molecule has 2 aromatic rings. The summed E-state index contributed by atoms with van der Waals surface area (Å²) in [7, 11) is 1.77. The smallest absolute Gasteiger partial charge is 0.242 e. The number of fused-ring (bicyclic) bond motifs is 1. The molecule has 0 atom stereocenters. The highest BCUT2D eigenvalue weighted by atomic mass is 127. The quantitative estimate of drug-likeness (QED) is 0.350. The molecule has 0 bridgehead atoms. The molecule has 164 valence electrons. The van der Waals surface area contributed by atoms with Crippen molar-refractivity contribution in [1.82, 2.24) is 24.5 Å². The molecule has 11 heteroatoms. The van der Waals surface area contributed by atoms with E-state index in [1.54, 1.807) is 18.4 Å². The predicted molar refractivity (Wildman–Crippen MR) is 133 cm³/mol. The lowest BCUT2D eigenvalue weighted by Crippen LogP contribution is -2.54. The van der Waals surface area contributed by atoms with E-state index in [2.05, 4.69) is 47.8 Å². The van der Waals surface area contributed by atoms with Crippen LogP contribution in [0.5, 0.6) is 0 Å². The van der Waals surface area contributed by atoms with Gasteiger partial charge in [0.05, 0.1) is 6.54 Å². The normalized spacial score (nSPS) is 16.9. The van der Waals surface area contributed by atoms with Crippen LogP contribution < -0.4 is 10.2 Å². The Kier molecular flexibility index (Phi) is 8.28. The Morgan fingerprint density at radius 1 is 1.23 bits per heavy atom. The highest BCUT2D eigenvalue weighted by Crippen LogP contribution is 2.24. The van der Waals surface area contributed by atoms with E-state index in [1.165, 1.54) is 22.0 Å². The first kappa shape index (κ1) is 23.2. The lowest BCUT2D eigenvalue weighted by atomic mass is 10.1. The van der Waals surface area contributed by atoms with Crippen LogP contribution >= 0.6 is 46.8 Å². The van der Waals surface area contributed by atoms with Crippen LogP contribution in [0.2, 0.25) is 0 Å². The molecule has 0 aliphatic carbocycles. The van der Waals surface area contributed by atoms with Crippen LogP contribution in [0.4, 0.5) is 5.13 Å². The van der Waals surface area contributed by atoms with E-state index >= 15 is 0 Å². The number of thiophene rings is 1. The minimum Gasteiger partial charge on any atom is -0.347 e. The van der Waals surface area contributed by atoms with Gasteiger partial charge in [-0.1, -0.05) is 6.92 Å². The molecular weight excluding hydrogens is 533 g/mol. The van der Waals surface area contributed by atoms with E-state index in [-0.39, 0.29) is 36.4 Å². The fourth-order valence-electron chi connectivity index (χ4n) is 3.69. The zero-order chi connectivity index (χ0) is 20.2. The number of rotatable bonds is 4. The maximum absolute atomic E-state index is 12.7. The Morgan fingerprint density at radius 3 is 2.73 bits per heavy atom. The zero-order valence-corrected chi connectivity index (χ0v) is 21.3. The number of hydrogen-bond acceptors (Lipinski definition) is 7. The van der Waals surface area contributed by atoms with Crippen LogP contribution in [0.25, 0.3) is 0 Å². The molecule has 1 fully saturated rings. The lowest BCUT2D eigenvalue weighted by Gasteiger charge is -2.36. The molecule has 2 aliphatic rings. The van der Waals surface area contributed by atoms with Gasteiger partial charge >= 0.3 is 0 Å². The number of guanidine groups is 1. The molecule has 1 saturated heterocycles. The molecule has 0 saturated carbocycles. The van der Waals surface area contributed by atoms with Crippen LogP contribution in [0, 0.1) is 0 Å². The van der Waals surface area contributed by atoms with E-state index in [4.69, 9.17) is 0 Å². The van der Waals surface area contributed by atoms with Crippen molar-refractivity contribution < 1.29 is 4.79 Å². The fraction of sp³-hybridized carbons (Fsp3) is 0.579. The summed E-state index contributed by atoms with van der Waals surface area (Å²) in [6.07, 6.45) is 1.83. The number of aliphatic imine (C=N–C) groups is 1. The molecule has 8 nitrogen and oxygen atoms in total. The third kappa shape index (κ3) is 5.22. The van der Waals surface area contributed by atoms with Crippen LogP contribution in [0.1, 0.15) is 23.2 Å².